The molecule has 0 spiro atoms. The van der Waals surface area contributed by atoms with E-state index in [-0.39, 0.29) is 5.78 Å². The maximum atomic E-state index is 13.2. The molecule has 0 bridgehead atoms. The summed E-state index contributed by atoms with van der Waals surface area (Å²) in [4.78, 5) is 12.6. The maximum absolute atomic E-state index is 13.2. The lowest BCUT2D eigenvalue weighted by Crippen LogP contribution is -1.99. The van der Waals surface area contributed by atoms with Crippen LogP contribution in [0.3, 0.4) is 0 Å². The van der Waals surface area contributed by atoms with Crippen LogP contribution in [-0.2, 0) is 0 Å². The van der Waals surface area contributed by atoms with Crippen molar-refractivity contribution in [2.24, 2.45) is 0 Å². The zero-order valence-electron chi connectivity index (χ0n) is 8.76. The van der Waals surface area contributed by atoms with Crippen molar-refractivity contribution in [3.8, 4) is 0 Å². The van der Waals surface area contributed by atoms with Crippen LogP contribution in [0.15, 0.2) is 28.7 Å². The molecule has 0 aliphatic rings. The molecular weight excluding hydrogens is 327 g/mol. The summed E-state index contributed by atoms with van der Waals surface area (Å²) in [6, 6.07) is 5.84. The van der Waals surface area contributed by atoms with Crippen LogP contribution in [-0.4, -0.2) is 5.78 Å². The van der Waals surface area contributed by atoms with Crippen molar-refractivity contribution in [3.63, 3.8) is 0 Å². The van der Waals surface area contributed by atoms with Crippen molar-refractivity contribution >= 4 is 44.7 Å². The van der Waals surface area contributed by atoms with Crippen LogP contribution in [0.2, 0.25) is 4.34 Å². The number of carbonyl (C=O) groups excluding carboxylic acids is 1. The van der Waals surface area contributed by atoms with Crippen LogP contribution in [0.5, 0.6) is 0 Å². The molecule has 0 atom stereocenters. The number of aryl methyl sites for hydroxylation is 1. The molecule has 1 nitrogen and oxygen atoms in total. The Kier molecular flexibility index (Phi) is 3.66. The third kappa shape index (κ3) is 2.76. The van der Waals surface area contributed by atoms with Gasteiger partial charge in [-0.3, -0.25) is 4.79 Å². The number of benzene rings is 1. The van der Waals surface area contributed by atoms with E-state index in [4.69, 9.17) is 11.6 Å². The van der Waals surface area contributed by atoms with E-state index in [0.717, 1.165) is 5.56 Å². The molecule has 0 fully saturated rings. The highest BCUT2D eigenvalue weighted by molar-refractivity contribution is 9.10. The monoisotopic (exact) mass is 332 g/mol. The van der Waals surface area contributed by atoms with Gasteiger partial charge < -0.3 is 0 Å². The van der Waals surface area contributed by atoms with Crippen LogP contribution in [0.1, 0.15) is 20.8 Å². The van der Waals surface area contributed by atoms with Crippen LogP contribution in [0, 0.1) is 12.7 Å². The highest BCUT2D eigenvalue weighted by Gasteiger charge is 2.15. The van der Waals surface area contributed by atoms with Crippen LogP contribution >= 0.6 is 38.9 Å². The molecule has 0 amide bonds. The fourth-order valence-electron chi connectivity index (χ4n) is 1.40. The number of carbonyl (C=O) groups is 1. The normalized spacial score (nSPS) is 10.6. The van der Waals surface area contributed by atoms with Gasteiger partial charge in [-0.05, 0) is 36.8 Å². The first-order valence-corrected chi connectivity index (χ1v) is 6.73. The Balaban J connectivity index is 2.43. The summed E-state index contributed by atoms with van der Waals surface area (Å²) in [6.07, 6.45) is 0. The van der Waals surface area contributed by atoms with Crippen molar-refractivity contribution in [2.75, 3.05) is 0 Å². The Morgan fingerprint density at radius 1 is 1.35 bits per heavy atom. The molecule has 1 aromatic heterocycles. The van der Waals surface area contributed by atoms with Crippen LogP contribution < -0.4 is 0 Å². The number of ketones is 1. The zero-order valence-corrected chi connectivity index (χ0v) is 11.9. The van der Waals surface area contributed by atoms with E-state index >= 15 is 0 Å². The lowest BCUT2D eigenvalue weighted by Gasteiger charge is -1.99. The van der Waals surface area contributed by atoms with E-state index in [2.05, 4.69) is 15.9 Å². The molecule has 0 radical (unpaired) electrons. The SMILES string of the molecule is Cc1cc(C(=O)c2cc(F)cc(Br)c2)sc1Cl. The molecule has 0 aliphatic heterocycles. The van der Waals surface area contributed by atoms with Gasteiger partial charge in [0.1, 0.15) is 5.82 Å². The smallest absolute Gasteiger partial charge is 0.203 e. The van der Waals surface area contributed by atoms with E-state index in [9.17, 15) is 9.18 Å². The summed E-state index contributed by atoms with van der Waals surface area (Å²) in [6.45, 7) is 1.83. The van der Waals surface area contributed by atoms with Gasteiger partial charge in [0.25, 0.3) is 0 Å². The second-order valence-corrected chi connectivity index (χ2v) is 6.12. The quantitative estimate of drug-likeness (QED) is 0.719. The van der Waals surface area contributed by atoms with E-state index in [1.807, 2.05) is 6.92 Å². The van der Waals surface area contributed by atoms with E-state index in [1.165, 1.54) is 23.5 Å². The Morgan fingerprint density at radius 2 is 2.06 bits per heavy atom. The van der Waals surface area contributed by atoms with Gasteiger partial charge in [-0.25, -0.2) is 4.39 Å². The minimum Gasteiger partial charge on any atom is -0.288 e. The summed E-state index contributed by atoms with van der Waals surface area (Å²) < 4.78 is 14.3. The van der Waals surface area contributed by atoms with Gasteiger partial charge in [0.15, 0.2) is 0 Å². The second kappa shape index (κ2) is 4.88. The third-order valence-corrected chi connectivity index (χ3v) is 4.22. The first-order valence-electron chi connectivity index (χ1n) is 4.74. The van der Waals surface area contributed by atoms with Crippen molar-refractivity contribution in [2.45, 2.75) is 6.92 Å². The summed E-state index contributed by atoms with van der Waals surface area (Å²) in [5, 5.41) is 0. The largest absolute Gasteiger partial charge is 0.288 e. The van der Waals surface area contributed by atoms with Crippen molar-refractivity contribution in [3.05, 3.63) is 54.9 Å². The summed E-state index contributed by atoms with van der Waals surface area (Å²) in [5.74, 6) is -0.660. The highest BCUT2D eigenvalue weighted by Crippen LogP contribution is 2.29. The topological polar surface area (TPSA) is 17.1 Å². The second-order valence-electron chi connectivity index (χ2n) is 3.55. The van der Waals surface area contributed by atoms with Gasteiger partial charge in [0, 0.05) is 10.0 Å². The first-order chi connectivity index (χ1) is 7.97. The number of thiophene rings is 1. The van der Waals surface area contributed by atoms with Gasteiger partial charge in [0.2, 0.25) is 5.78 Å². The Morgan fingerprint density at radius 3 is 2.59 bits per heavy atom. The summed E-state index contributed by atoms with van der Waals surface area (Å²) >= 11 is 10.3. The fraction of sp³-hybridized carbons (Fsp3) is 0.0833. The number of halogens is 3. The van der Waals surface area contributed by atoms with E-state index in [1.54, 1.807) is 12.1 Å². The first kappa shape index (κ1) is 12.7. The Bertz CT molecular complexity index is 554. The van der Waals surface area contributed by atoms with Crippen LogP contribution in [0.25, 0.3) is 0 Å². The molecule has 2 rings (SSSR count). The standard InChI is InChI=1S/C12H7BrClFOS/c1-6-2-10(17-12(6)14)11(16)7-3-8(13)5-9(15)4-7/h2-5H,1H3. The lowest BCUT2D eigenvalue weighted by atomic mass is 10.1. The van der Waals surface area contributed by atoms with Gasteiger partial charge in [-0.2, -0.15) is 0 Å². The molecule has 0 saturated heterocycles. The summed E-state index contributed by atoms with van der Waals surface area (Å²) in [7, 11) is 0. The van der Waals surface area contributed by atoms with E-state index < -0.39 is 5.82 Å². The van der Waals surface area contributed by atoms with Crippen LogP contribution in [0.4, 0.5) is 4.39 Å². The molecule has 88 valence electrons. The average Bonchev–Trinajstić information content (AvgIpc) is 2.57. The molecule has 0 aliphatic carbocycles. The Hall–Kier alpha value is -0.710. The minimum absolute atomic E-state index is 0.217. The van der Waals surface area contributed by atoms with E-state index in [0.29, 0.717) is 19.2 Å². The summed E-state index contributed by atoms with van der Waals surface area (Å²) in [5.41, 5.74) is 1.17. The molecular formula is C12H7BrClFOS. The minimum atomic E-state index is -0.443. The number of hydrogen-bond acceptors (Lipinski definition) is 2. The van der Waals surface area contributed by atoms with Gasteiger partial charge >= 0.3 is 0 Å². The third-order valence-electron chi connectivity index (χ3n) is 2.21. The van der Waals surface area contributed by atoms with Gasteiger partial charge in [-0.1, -0.05) is 27.5 Å². The molecule has 1 aromatic carbocycles. The zero-order chi connectivity index (χ0) is 12.6. The van der Waals surface area contributed by atoms with Crippen molar-refractivity contribution < 1.29 is 9.18 Å². The molecule has 5 heteroatoms. The molecule has 0 N–H and O–H groups in total. The number of hydrogen-bond donors (Lipinski definition) is 0. The lowest BCUT2D eigenvalue weighted by molar-refractivity contribution is 0.104. The predicted octanol–water partition coefficient (Wildman–Crippen LogP) is 4.84. The fourth-order valence-corrected chi connectivity index (χ4v) is 3.03. The van der Waals surface area contributed by atoms with Crippen molar-refractivity contribution in [1.29, 1.82) is 0 Å². The van der Waals surface area contributed by atoms with Gasteiger partial charge in [0.05, 0.1) is 9.21 Å². The average molecular weight is 334 g/mol. The maximum Gasteiger partial charge on any atom is 0.203 e. The molecule has 17 heavy (non-hydrogen) atoms. The molecule has 1 heterocycles. The number of rotatable bonds is 2. The predicted molar refractivity (Wildman–Crippen MR) is 71.6 cm³/mol. The molecule has 0 unspecified atom stereocenters. The Labute approximate surface area is 115 Å². The molecule has 0 saturated carbocycles. The van der Waals surface area contributed by atoms with Crippen molar-refractivity contribution in [1.82, 2.24) is 0 Å². The van der Waals surface area contributed by atoms with Gasteiger partial charge in [-0.15, -0.1) is 11.3 Å². The highest BCUT2D eigenvalue weighted by atomic mass is 79.9. The molecule has 2 aromatic rings.